The third-order valence-corrected chi connectivity index (χ3v) is 3.23. The molecule has 1 aromatic rings. The highest BCUT2D eigenvalue weighted by molar-refractivity contribution is 7.03. The van der Waals surface area contributed by atoms with Crippen molar-refractivity contribution in [3.05, 3.63) is 17.1 Å². The summed E-state index contributed by atoms with van der Waals surface area (Å²) < 4.78 is 4.17. The van der Waals surface area contributed by atoms with E-state index in [-0.39, 0.29) is 5.91 Å². The minimum absolute atomic E-state index is 0.0592. The van der Waals surface area contributed by atoms with Crippen LogP contribution in [0.15, 0.2) is 11.4 Å². The molecule has 2 heterocycles. The summed E-state index contributed by atoms with van der Waals surface area (Å²) in [5, 5.41) is 11.6. The second-order valence-corrected chi connectivity index (χ2v) is 4.37. The average molecular weight is 226 g/mol. The molecule has 0 aromatic carbocycles. The van der Waals surface area contributed by atoms with Crippen LogP contribution in [-0.2, 0) is 11.2 Å². The molecule has 1 aromatic heterocycles. The predicted molar refractivity (Wildman–Crippen MR) is 57.4 cm³/mol. The number of aliphatic hydroxyl groups is 1. The number of rotatable bonds is 3. The zero-order chi connectivity index (χ0) is 10.7. The lowest BCUT2D eigenvalue weighted by atomic mass is 10.1. The SMILES string of the molecule is O=C1CCCC(O)N1CCc1ccsn1. The summed E-state index contributed by atoms with van der Waals surface area (Å²) in [6.07, 6.45) is 2.20. The molecule has 0 bridgehead atoms. The van der Waals surface area contributed by atoms with E-state index in [0.717, 1.165) is 18.5 Å². The molecule has 0 spiro atoms. The van der Waals surface area contributed by atoms with E-state index in [4.69, 9.17) is 0 Å². The molecule has 82 valence electrons. The van der Waals surface area contributed by atoms with E-state index in [1.54, 1.807) is 4.90 Å². The van der Waals surface area contributed by atoms with Gasteiger partial charge in [0.05, 0.1) is 5.69 Å². The fraction of sp³-hybridized carbons (Fsp3) is 0.600. The first-order valence-electron chi connectivity index (χ1n) is 5.14. The van der Waals surface area contributed by atoms with Crippen LogP contribution in [0.4, 0.5) is 0 Å². The van der Waals surface area contributed by atoms with E-state index in [0.29, 0.717) is 19.4 Å². The number of likely N-dealkylation sites (tertiary alicyclic amines) is 1. The zero-order valence-corrected chi connectivity index (χ0v) is 9.24. The Balaban J connectivity index is 1.89. The van der Waals surface area contributed by atoms with Crippen LogP contribution in [0.1, 0.15) is 25.0 Å². The minimum atomic E-state index is -0.593. The zero-order valence-electron chi connectivity index (χ0n) is 8.43. The molecular weight excluding hydrogens is 212 g/mol. The quantitative estimate of drug-likeness (QED) is 0.837. The van der Waals surface area contributed by atoms with Crippen LogP contribution in [-0.4, -0.2) is 33.1 Å². The van der Waals surface area contributed by atoms with Gasteiger partial charge in [-0.05, 0) is 30.4 Å². The molecule has 0 radical (unpaired) electrons. The number of carbonyl (C=O) groups excluding carboxylic acids is 1. The van der Waals surface area contributed by atoms with E-state index >= 15 is 0 Å². The van der Waals surface area contributed by atoms with Crippen molar-refractivity contribution < 1.29 is 9.90 Å². The van der Waals surface area contributed by atoms with E-state index in [1.807, 2.05) is 11.4 Å². The van der Waals surface area contributed by atoms with Crippen molar-refractivity contribution in [1.82, 2.24) is 9.27 Å². The van der Waals surface area contributed by atoms with Gasteiger partial charge < -0.3 is 10.0 Å². The number of aromatic nitrogens is 1. The Morgan fingerprint density at radius 1 is 1.67 bits per heavy atom. The van der Waals surface area contributed by atoms with Crippen molar-refractivity contribution in [2.24, 2.45) is 0 Å². The van der Waals surface area contributed by atoms with Gasteiger partial charge >= 0.3 is 0 Å². The molecule has 2 rings (SSSR count). The van der Waals surface area contributed by atoms with E-state index in [9.17, 15) is 9.90 Å². The van der Waals surface area contributed by atoms with Crippen molar-refractivity contribution in [3.8, 4) is 0 Å². The predicted octanol–water partition coefficient (Wildman–Crippen LogP) is 1.02. The summed E-state index contributed by atoms with van der Waals surface area (Å²) in [5.74, 6) is 0.0592. The standard InChI is InChI=1S/C10H14N2O2S/c13-9-2-1-3-10(14)12(9)6-4-8-5-7-15-11-8/h5,7,9,13H,1-4,6H2. The highest BCUT2D eigenvalue weighted by Crippen LogP contribution is 2.16. The minimum Gasteiger partial charge on any atom is -0.374 e. The van der Waals surface area contributed by atoms with Gasteiger partial charge in [0, 0.05) is 24.8 Å². The molecule has 1 amide bonds. The molecule has 1 unspecified atom stereocenters. The number of nitrogens with zero attached hydrogens (tertiary/aromatic N) is 2. The van der Waals surface area contributed by atoms with Gasteiger partial charge in [0.2, 0.25) is 5.91 Å². The Hall–Kier alpha value is -0.940. The Bertz CT molecular complexity index is 326. The number of piperidine rings is 1. The van der Waals surface area contributed by atoms with Gasteiger partial charge in [-0.15, -0.1) is 0 Å². The molecule has 4 nitrogen and oxygen atoms in total. The fourth-order valence-corrected chi connectivity index (χ4v) is 2.34. The van der Waals surface area contributed by atoms with Crippen LogP contribution in [0.5, 0.6) is 0 Å². The summed E-state index contributed by atoms with van der Waals surface area (Å²) in [6.45, 7) is 0.573. The van der Waals surface area contributed by atoms with Gasteiger partial charge in [0.25, 0.3) is 0 Å². The van der Waals surface area contributed by atoms with Crippen LogP contribution in [0.3, 0.4) is 0 Å². The van der Waals surface area contributed by atoms with E-state index in [2.05, 4.69) is 4.37 Å². The number of carbonyl (C=O) groups is 1. The largest absolute Gasteiger partial charge is 0.374 e. The molecule has 15 heavy (non-hydrogen) atoms. The molecule has 1 aliphatic rings. The number of hydrogen-bond donors (Lipinski definition) is 1. The van der Waals surface area contributed by atoms with Crippen molar-refractivity contribution in [2.75, 3.05) is 6.54 Å². The Labute approximate surface area is 92.7 Å². The molecule has 1 atom stereocenters. The lowest BCUT2D eigenvalue weighted by Crippen LogP contribution is -2.44. The maximum atomic E-state index is 11.5. The van der Waals surface area contributed by atoms with Crippen molar-refractivity contribution in [3.63, 3.8) is 0 Å². The topological polar surface area (TPSA) is 53.4 Å². The van der Waals surface area contributed by atoms with Crippen molar-refractivity contribution in [1.29, 1.82) is 0 Å². The molecule has 1 aliphatic heterocycles. The van der Waals surface area contributed by atoms with Gasteiger partial charge in [-0.3, -0.25) is 4.79 Å². The summed E-state index contributed by atoms with van der Waals surface area (Å²) >= 11 is 1.41. The Kier molecular flexibility index (Phi) is 3.33. The van der Waals surface area contributed by atoms with Gasteiger partial charge in [-0.1, -0.05) is 0 Å². The Morgan fingerprint density at radius 3 is 3.20 bits per heavy atom. The smallest absolute Gasteiger partial charge is 0.224 e. The summed E-state index contributed by atoms with van der Waals surface area (Å²) in [6, 6.07) is 1.95. The van der Waals surface area contributed by atoms with Gasteiger partial charge in [0.1, 0.15) is 6.23 Å². The maximum Gasteiger partial charge on any atom is 0.224 e. The first kappa shape index (κ1) is 10.6. The summed E-state index contributed by atoms with van der Waals surface area (Å²) in [4.78, 5) is 13.1. The molecule has 1 N–H and O–H groups in total. The number of hydrogen-bond acceptors (Lipinski definition) is 4. The van der Waals surface area contributed by atoms with Gasteiger partial charge in [0.15, 0.2) is 0 Å². The average Bonchev–Trinajstić information content (AvgIpc) is 2.70. The third-order valence-electron chi connectivity index (χ3n) is 2.63. The molecule has 1 fully saturated rings. The van der Waals surface area contributed by atoms with Crippen LogP contribution >= 0.6 is 11.5 Å². The number of amides is 1. The Morgan fingerprint density at radius 2 is 2.53 bits per heavy atom. The highest BCUT2D eigenvalue weighted by atomic mass is 32.1. The second-order valence-electron chi connectivity index (χ2n) is 3.70. The third kappa shape index (κ3) is 2.54. The van der Waals surface area contributed by atoms with Crippen molar-refractivity contribution in [2.45, 2.75) is 31.9 Å². The highest BCUT2D eigenvalue weighted by Gasteiger charge is 2.25. The lowest BCUT2D eigenvalue weighted by Gasteiger charge is -2.31. The van der Waals surface area contributed by atoms with Crippen LogP contribution in [0.25, 0.3) is 0 Å². The van der Waals surface area contributed by atoms with Crippen LogP contribution < -0.4 is 0 Å². The van der Waals surface area contributed by atoms with Crippen LogP contribution in [0, 0.1) is 0 Å². The molecule has 5 heteroatoms. The molecular formula is C10H14N2O2S. The summed E-state index contributed by atoms with van der Waals surface area (Å²) in [5.41, 5.74) is 0.991. The first-order valence-corrected chi connectivity index (χ1v) is 5.98. The normalized spacial score (nSPS) is 22.1. The van der Waals surface area contributed by atoms with E-state index in [1.165, 1.54) is 11.5 Å². The summed E-state index contributed by atoms with van der Waals surface area (Å²) in [7, 11) is 0. The lowest BCUT2D eigenvalue weighted by molar-refractivity contribution is -0.146. The van der Waals surface area contributed by atoms with Crippen molar-refractivity contribution >= 4 is 17.4 Å². The fourth-order valence-electron chi connectivity index (χ4n) is 1.78. The maximum absolute atomic E-state index is 11.5. The number of aliphatic hydroxyl groups excluding tert-OH is 1. The van der Waals surface area contributed by atoms with Gasteiger partial charge in [-0.25, -0.2) is 0 Å². The van der Waals surface area contributed by atoms with E-state index < -0.39 is 6.23 Å². The molecule has 0 saturated carbocycles. The van der Waals surface area contributed by atoms with Gasteiger partial charge in [-0.2, -0.15) is 4.37 Å². The van der Waals surface area contributed by atoms with Crippen LogP contribution in [0.2, 0.25) is 0 Å². The molecule has 0 aliphatic carbocycles. The second kappa shape index (κ2) is 4.72. The first-order chi connectivity index (χ1) is 7.27. The molecule has 1 saturated heterocycles. The monoisotopic (exact) mass is 226 g/mol.